The summed E-state index contributed by atoms with van der Waals surface area (Å²) in [7, 11) is 1.67. The van der Waals surface area contributed by atoms with Gasteiger partial charge in [0.05, 0.1) is 0 Å². The van der Waals surface area contributed by atoms with E-state index >= 15 is 0 Å². The van der Waals surface area contributed by atoms with Gasteiger partial charge >= 0.3 is 0 Å². The number of ether oxygens (including phenoxy) is 1. The van der Waals surface area contributed by atoms with Gasteiger partial charge in [0.1, 0.15) is 6.10 Å². The number of aliphatic hydroxyl groups is 1. The molecule has 1 fully saturated rings. The van der Waals surface area contributed by atoms with Crippen LogP contribution in [-0.4, -0.2) is 29.0 Å². The third-order valence-corrected chi connectivity index (χ3v) is 2.59. The first-order chi connectivity index (χ1) is 7.35. The minimum atomic E-state index is -0.0170. The SMILES string of the molecule is COC(c1noc(CCCO)n1)C1CC1. The molecule has 0 amide bonds. The summed E-state index contributed by atoms with van der Waals surface area (Å²) in [6.07, 6.45) is 3.63. The number of hydrogen-bond donors (Lipinski definition) is 1. The minimum absolute atomic E-state index is 0.0170. The molecule has 1 aromatic rings. The second-order valence-corrected chi connectivity index (χ2v) is 3.87. The highest BCUT2D eigenvalue weighted by Crippen LogP contribution is 2.41. The van der Waals surface area contributed by atoms with E-state index < -0.39 is 0 Å². The van der Waals surface area contributed by atoms with Crippen LogP contribution >= 0.6 is 0 Å². The summed E-state index contributed by atoms with van der Waals surface area (Å²) >= 11 is 0. The molecule has 0 aromatic carbocycles. The molecular weight excluding hydrogens is 196 g/mol. The zero-order valence-corrected chi connectivity index (χ0v) is 8.85. The predicted octanol–water partition coefficient (Wildman–Crippen LogP) is 1.09. The number of nitrogens with zero attached hydrogens (tertiary/aromatic N) is 2. The van der Waals surface area contributed by atoms with Crippen molar-refractivity contribution in [2.24, 2.45) is 5.92 Å². The minimum Gasteiger partial charge on any atom is -0.396 e. The van der Waals surface area contributed by atoms with Gasteiger partial charge in [-0.25, -0.2) is 0 Å². The van der Waals surface area contributed by atoms with Gasteiger partial charge in [-0.05, 0) is 25.2 Å². The lowest BCUT2D eigenvalue weighted by molar-refractivity contribution is 0.0751. The molecule has 1 atom stereocenters. The first-order valence-electron chi connectivity index (χ1n) is 5.31. The van der Waals surface area contributed by atoms with Gasteiger partial charge in [0.25, 0.3) is 0 Å². The van der Waals surface area contributed by atoms with E-state index in [0.717, 1.165) is 0 Å². The smallest absolute Gasteiger partial charge is 0.226 e. The van der Waals surface area contributed by atoms with Crippen LogP contribution in [0.2, 0.25) is 0 Å². The summed E-state index contributed by atoms with van der Waals surface area (Å²) in [5.41, 5.74) is 0. The molecule has 0 radical (unpaired) electrons. The molecule has 1 N–H and O–H groups in total. The van der Waals surface area contributed by atoms with Crippen LogP contribution in [0.4, 0.5) is 0 Å². The molecule has 1 aromatic heterocycles. The van der Waals surface area contributed by atoms with Crippen LogP contribution in [0.15, 0.2) is 4.52 Å². The maximum atomic E-state index is 8.67. The Balaban J connectivity index is 1.98. The standard InChI is InChI=1S/C10H16N2O3/c1-14-9(7-4-5-7)10-11-8(15-12-10)3-2-6-13/h7,9,13H,2-6H2,1H3. The van der Waals surface area contributed by atoms with Crippen molar-refractivity contribution in [3.8, 4) is 0 Å². The van der Waals surface area contributed by atoms with Crippen molar-refractivity contribution in [1.82, 2.24) is 10.1 Å². The average Bonchev–Trinajstić information content (AvgIpc) is 2.96. The molecule has 1 aliphatic carbocycles. The lowest BCUT2D eigenvalue weighted by Crippen LogP contribution is -2.05. The molecule has 0 bridgehead atoms. The zero-order chi connectivity index (χ0) is 10.7. The Bertz CT molecular complexity index is 309. The summed E-state index contributed by atoms with van der Waals surface area (Å²) in [6.45, 7) is 0.147. The molecule has 5 heteroatoms. The Morgan fingerprint density at radius 1 is 1.60 bits per heavy atom. The summed E-state index contributed by atoms with van der Waals surface area (Å²) in [5, 5.41) is 12.6. The van der Waals surface area contributed by atoms with E-state index in [1.54, 1.807) is 7.11 Å². The fourth-order valence-electron chi connectivity index (χ4n) is 1.62. The van der Waals surface area contributed by atoms with Gasteiger partial charge in [0.15, 0.2) is 0 Å². The van der Waals surface area contributed by atoms with E-state index in [1.807, 2.05) is 0 Å². The molecule has 15 heavy (non-hydrogen) atoms. The van der Waals surface area contributed by atoms with E-state index in [-0.39, 0.29) is 12.7 Å². The normalized spacial score (nSPS) is 18.0. The molecule has 84 valence electrons. The summed E-state index contributed by atoms with van der Waals surface area (Å²) < 4.78 is 10.4. The highest BCUT2D eigenvalue weighted by molar-refractivity contribution is 4.98. The topological polar surface area (TPSA) is 68.4 Å². The first-order valence-corrected chi connectivity index (χ1v) is 5.31. The van der Waals surface area contributed by atoms with E-state index in [1.165, 1.54) is 12.8 Å². The van der Waals surface area contributed by atoms with Gasteiger partial charge in [0.2, 0.25) is 11.7 Å². The van der Waals surface area contributed by atoms with Gasteiger partial charge in [0, 0.05) is 20.1 Å². The molecule has 2 rings (SSSR count). The molecule has 1 unspecified atom stereocenters. The van der Waals surface area contributed by atoms with Gasteiger partial charge in [-0.3, -0.25) is 0 Å². The third kappa shape index (κ3) is 2.54. The van der Waals surface area contributed by atoms with Crippen LogP contribution in [0.25, 0.3) is 0 Å². The maximum absolute atomic E-state index is 8.67. The Hall–Kier alpha value is -0.940. The summed E-state index contributed by atoms with van der Waals surface area (Å²) in [5.74, 6) is 1.79. The maximum Gasteiger partial charge on any atom is 0.226 e. The number of hydrogen-bond acceptors (Lipinski definition) is 5. The van der Waals surface area contributed by atoms with E-state index in [9.17, 15) is 0 Å². The van der Waals surface area contributed by atoms with Crippen molar-refractivity contribution < 1.29 is 14.4 Å². The third-order valence-electron chi connectivity index (χ3n) is 2.59. The van der Waals surface area contributed by atoms with Crippen LogP contribution < -0.4 is 0 Å². The lowest BCUT2D eigenvalue weighted by Gasteiger charge is -2.08. The zero-order valence-electron chi connectivity index (χ0n) is 8.85. The number of methoxy groups -OCH3 is 1. The molecule has 0 saturated heterocycles. The predicted molar refractivity (Wildman–Crippen MR) is 52.2 cm³/mol. The van der Waals surface area contributed by atoms with E-state index in [4.69, 9.17) is 14.4 Å². The van der Waals surface area contributed by atoms with Crippen molar-refractivity contribution in [3.63, 3.8) is 0 Å². The van der Waals surface area contributed by atoms with Crippen LogP contribution in [-0.2, 0) is 11.2 Å². The quantitative estimate of drug-likeness (QED) is 0.764. The molecule has 5 nitrogen and oxygen atoms in total. The number of aryl methyl sites for hydroxylation is 1. The fourth-order valence-corrected chi connectivity index (χ4v) is 1.62. The van der Waals surface area contributed by atoms with Crippen molar-refractivity contribution in [2.45, 2.75) is 31.8 Å². The fraction of sp³-hybridized carbons (Fsp3) is 0.800. The second-order valence-electron chi connectivity index (χ2n) is 3.87. The second kappa shape index (κ2) is 4.72. The number of aromatic nitrogens is 2. The van der Waals surface area contributed by atoms with Gasteiger partial charge in [-0.15, -0.1) is 0 Å². The van der Waals surface area contributed by atoms with Crippen LogP contribution in [0.1, 0.15) is 37.1 Å². The number of aliphatic hydroxyl groups excluding tert-OH is 1. The Labute approximate surface area is 88.4 Å². The molecule has 0 aliphatic heterocycles. The molecular formula is C10H16N2O3. The number of rotatable bonds is 6. The highest BCUT2D eigenvalue weighted by atomic mass is 16.5. The van der Waals surface area contributed by atoms with Crippen molar-refractivity contribution in [3.05, 3.63) is 11.7 Å². The largest absolute Gasteiger partial charge is 0.396 e. The van der Waals surface area contributed by atoms with Crippen molar-refractivity contribution in [1.29, 1.82) is 0 Å². The van der Waals surface area contributed by atoms with E-state index in [0.29, 0.717) is 30.5 Å². The Morgan fingerprint density at radius 3 is 3.00 bits per heavy atom. The molecule has 1 aliphatic rings. The summed E-state index contributed by atoms with van der Waals surface area (Å²) in [6, 6.07) is 0. The monoisotopic (exact) mass is 212 g/mol. The van der Waals surface area contributed by atoms with Crippen LogP contribution in [0.5, 0.6) is 0 Å². The highest BCUT2D eigenvalue weighted by Gasteiger charge is 2.35. The summed E-state index contributed by atoms with van der Waals surface area (Å²) in [4.78, 5) is 4.27. The Kier molecular flexibility index (Phi) is 3.33. The molecule has 0 spiro atoms. The van der Waals surface area contributed by atoms with Gasteiger partial charge in [-0.1, -0.05) is 5.16 Å². The lowest BCUT2D eigenvalue weighted by atomic mass is 10.2. The van der Waals surface area contributed by atoms with Crippen molar-refractivity contribution in [2.75, 3.05) is 13.7 Å². The molecule has 1 heterocycles. The van der Waals surface area contributed by atoms with Gasteiger partial charge < -0.3 is 14.4 Å². The van der Waals surface area contributed by atoms with Crippen molar-refractivity contribution >= 4 is 0 Å². The molecule has 1 saturated carbocycles. The first kappa shape index (κ1) is 10.6. The van der Waals surface area contributed by atoms with Crippen LogP contribution in [0.3, 0.4) is 0 Å². The van der Waals surface area contributed by atoms with Crippen LogP contribution in [0, 0.1) is 5.92 Å². The Morgan fingerprint density at radius 2 is 2.40 bits per heavy atom. The van der Waals surface area contributed by atoms with E-state index in [2.05, 4.69) is 10.1 Å². The van der Waals surface area contributed by atoms with Gasteiger partial charge in [-0.2, -0.15) is 4.98 Å². The average molecular weight is 212 g/mol.